The molecule has 0 fully saturated rings. The van der Waals surface area contributed by atoms with Gasteiger partial charge in [-0.3, -0.25) is 0 Å². The predicted molar refractivity (Wildman–Crippen MR) is 77.7 cm³/mol. The highest BCUT2D eigenvalue weighted by Crippen LogP contribution is 2.22. The summed E-state index contributed by atoms with van der Waals surface area (Å²) in [4.78, 5) is 0.342. The van der Waals surface area contributed by atoms with E-state index in [2.05, 4.69) is 6.07 Å². The monoisotopic (exact) mass is 275 g/mol. The van der Waals surface area contributed by atoms with E-state index in [1.807, 2.05) is 30.3 Å². The van der Waals surface area contributed by atoms with E-state index in [4.69, 9.17) is 5.73 Å². The zero-order chi connectivity index (χ0) is 13.9. The van der Waals surface area contributed by atoms with Gasteiger partial charge in [0.15, 0.2) is 9.84 Å². The molecular weight excluding hydrogens is 258 g/mol. The molecule has 3 nitrogen and oxygen atoms in total. The lowest BCUT2D eigenvalue weighted by molar-refractivity contribution is 0.602. The molecule has 19 heavy (non-hydrogen) atoms. The highest BCUT2D eigenvalue weighted by Gasteiger charge is 2.06. The fourth-order valence-corrected chi connectivity index (χ4v) is 2.60. The number of nitrogens with two attached hydrogens (primary N) is 1. The van der Waals surface area contributed by atoms with Gasteiger partial charge in [-0.2, -0.15) is 0 Å². The summed E-state index contributed by atoms with van der Waals surface area (Å²) in [6.07, 6.45) is 2.05. The predicted octanol–water partition coefficient (Wildman–Crippen LogP) is 2.26. The van der Waals surface area contributed by atoms with E-state index in [9.17, 15) is 8.42 Å². The first-order valence-corrected chi connectivity index (χ1v) is 7.99. The van der Waals surface area contributed by atoms with Crippen molar-refractivity contribution in [1.82, 2.24) is 0 Å². The van der Waals surface area contributed by atoms with Crippen LogP contribution < -0.4 is 5.73 Å². The van der Waals surface area contributed by atoms with Gasteiger partial charge in [0.2, 0.25) is 0 Å². The van der Waals surface area contributed by atoms with Crippen molar-refractivity contribution >= 4 is 9.84 Å². The van der Waals surface area contributed by atoms with E-state index < -0.39 is 9.84 Å². The summed E-state index contributed by atoms with van der Waals surface area (Å²) in [5.74, 6) is 0. The van der Waals surface area contributed by atoms with E-state index in [0.29, 0.717) is 11.4 Å². The number of benzene rings is 2. The molecule has 0 unspecified atom stereocenters. The topological polar surface area (TPSA) is 60.2 Å². The van der Waals surface area contributed by atoms with Gasteiger partial charge in [-0.25, -0.2) is 8.42 Å². The minimum absolute atomic E-state index is 0.342. The van der Waals surface area contributed by atoms with Gasteiger partial charge in [-0.05, 0) is 41.8 Å². The van der Waals surface area contributed by atoms with Gasteiger partial charge in [0, 0.05) is 6.26 Å². The number of rotatable bonds is 4. The summed E-state index contributed by atoms with van der Waals surface area (Å²) in [5.41, 5.74) is 8.82. The van der Waals surface area contributed by atoms with E-state index in [-0.39, 0.29) is 0 Å². The van der Waals surface area contributed by atoms with Crippen molar-refractivity contribution in [3.8, 4) is 11.1 Å². The molecule has 2 aromatic rings. The van der Waals surface area contributed by atoms with Crippen molar-refractivity contribution in [3.63, 3.8) is 0 Å². The minimum atomic E-state index is -3.14. The Bertz CT molecular complexity index is 661. The first kappa shape index (κ1) is 13.8. The van der Waals surface area contributed by atoms with Gasteiger partial charge < -0.3 is 5.73 Å². The molecule has 0 bridgehead atoms. The molecule has 2 aromatic carbocycles. The van der Waals surface area contributed by atoms with E-state index in [1.54, 1.807) is 12.1 Å². The second-order valence-corrected chi connectivity index (χ2v) is 6.55. The molecular formula is C15H17NO2S. The lowest BCUT2D eigenvalue weighted by Crippen LogP contribution is -2.02. The van der Waals surface area contributed by atoms with Crippen LogP contribution in [0.2, 0.25) is 0 Å². The van der Waals surface area contributed by atoms with Crippen LogP contribution >= 0.6 is 0 Å². The van der Waals surface area contributed by atoms with Gasteiger partial charge >= 0.3 is 0 Å². The van der Waals surface area contributed by atoms with Crippen molar-refractivity contribution < 1.29 is 8.42 Å². The Labute approximate surface area is 114 Å². The molecule has 0 saturated carbocycles. The van der Waals surface area contributed by atoms with Crippen LogP contribution in [-0.2, 0) is 16.3 Å². The molecule has 0 aromatic heterocycles. The number of hydrogen-bond acceptors (Lipinski definition) is 3. The summed E-state index contributed by atoms with van der Waals surface area (Å²) in [6.45, 7) is 0.621. The average Bonchev–Trinajstić information content (AvgIpc) is 2.39. The third-order valence-corrected chi connectivity index (χ3v) is 4.10. The third kappa shape index (κ3) is 3.43. The largest absolute Gasteiger partial charge is 0.330 e. The second kappa shape index (κ2) is 5.55. The fraction of sp³-hybridized carbons (Fsp3) is 0.200. The first-order chi connectivity index (χ1) is 9.00. The van der Waals surface area contributed by atoms with E-state index >= 15 is 0 Å². The molecule has 0 saturated heterocycles. The third-order valence-electron chi connectivity index (χ3n) is 2.98. The molecule has 0 aliphatic heterocycles. The zero-order valence-corrected chi connectivity index (χ0v) is 11.7. The SMILES string of the molecule is CS(=O)(=O)c1ccc(-c2cccc(CCN)c2)cc1. The highest BCUT2D eigenvalue weighted by atomic mass is 32.2. The number of sulfone groups is 1. The Kier molecular flexibility index (Phi) is 4.02. The molecule has 100 valence electrons. The smallest absolute Gasteiger partial charge is 0.175 e. The Morgan fingerprint density at radius 2 is 1.68 bits per heavy atom. The molecule has 0 atom stereocenters. The summed E-state index contributed by atoms with van der Waals surface area (Å²) < 4.78 is 22.8. The Hall–Kier alpha value is -1.65. The maximum Gasteiger partial charge on any atom is 0.175 e. The lowest BCUT2D eigenvalue weighted by Gasteiger charge is -2.06. The molecule has 0 heterocycles. The Morgan fingerprint density at radius 1 is 1.00 bits per heavy atom. The maximum atomic E-state index is 11.4. The van der Waals surface area contributed by atoms with Crippen LogP contribution in [-0.4, -0.2) is 21.2 Å². The van der Waals surface area contributed by atoms with Crippen molar-refractivity contribution in [3.05, 3.63) is 54.1 Å². The van der Waals surface area contributed by atoms with Crippen molar-refractivity contribution in [2.45, 2.75) is 11.3 Å². The number of hydrogen-bond donors (Lipinski definition) is 1. The Morgan fingerprint density at radius 3 is 2.26 bits per heavy atom. The lowest BCUT2D eigenvalue weighted by atomic mass is 10.0. The quantitative estimate of drug-likeness (QED) is 0.931. The zero-order valence-electron chi connectivity index (χ0n) is 10.8. The normalized spacial score (nSPS) is 11.5. The molecule has 0 radical (unpaired) electrons. The Balaban J connectivity index is 2.34. The fourth-order valence-electron chi connectivity index (χ4n) is 1.97. The summed E-state index contributed by atoms with van der Waals surface area (Å²) in [7, 11) is -3.14. The van der Waals surface area contributed by atoms with Crippen LogP contribution in [0.15, 0.2) is 53.4 Å². The molecule has 2 N–H and O–H groups in total. The molecule has 0 amide bonds. The van der Waals surface area contributed by atoms with E-state index in [1.165, 1.54) is 11.8 Å². The van der Waals surface area contributed by atoms with Crippen LogP contribution in [0.3, 0.4) is 0 Å². The molecule has 0 aliphatic carbocycles. The molecule has 0 aliphatic rings. The van der Waals surface area contributed by atoms with Gasteiger partial charge in [-0.1, -0.05) is 36.4 Å². The first-order valence-electron chi connectivity index (χ1n) is 6.10. The summed E-state index contributed by atoms with van der Waals surface area (Å²) in [6, 6.07) is 15.1. The molecule has 2 rings (SSSR count). The molecule has 0 spiro atoms. The van der Waals surface area contributed by atoms with Crippen LogP contribution in [0.4, 0.5) is 0 Å². The van der Waals surface area contributed by atoms with Gasteiger partial charge in [0.05, 0.1) is 4.90 Å². The van der Waals surface area contributed by atoms with Crippen molar-refractivity contribution in [2.24, 2.45) is 5.73 Å². The van der Waals surface area contributed by atoms with Gasteiger partial charge in [0.1, 0.15) is 0 Å². The van der Waals surface area contributed by atoms with Crippen molar-refractivity contribution in [1.29, 1.82) is 0 Å². The standard InChI is InChI=1S/C15H17NO2S/c1-19(17,18)15-7-5-13(6-8-15)14-4-2-3-12(11-14)9-10-16/h2-8,11H,9-10,16H2,1H3. The minimum Gasteiger partial charge on any atom is -0.330 e. The van der Waals surface area contributed by atoms with Crippen LogP contribution in [0.25, 0.3) is 11.1 Å². The summed E-state index contributed by atoms with van der Waals surface area (Å²) >= 11 is 0. The summed E-state index contributed by atoms with van der Waals surface area (Å²) in [5, 5.41) is 0. The van der Waals surface area contributed by atoms with Crippen molar-refractivity contribution in [2.75, 3.05) is 12.8 Å². The average molecular weight is 275 g/mol. The highest BCUT2D eigenvalue weighted by molar-refractivity contribution is 7.90. The van der Waals surface area contributed by atoms with Gasteiger partial charge in [-0.15, -0.1) is 0 Å². The molecule has 4 heteroatoms. The second-order valence-electron chi connectivity index (χ2n) is 4.54. The van der Waals surface area contributed by atoms with Crippen LogP contribution in [0.1, 0.15) is 5.56 Å². The van der Waals surface area contributed by atoms with Gasteiger partial charge in [0.25, 0.3) is 0 Å². The van der Waals surface area contributed by atoms with E-state index in [0.717, 1.165) is 17.5 Å². The van der Waals surface area contributed by atoms with Crippen LogP contribution in [0.5, 0.6) is 0 Å². The van der Waals surface area contributed by atoms with Crippen LogP contribution in [0, 0.1) is 0 Å². The maximum absolute atomic E-state index is 11.4.